The molecule has 1 aromatic heterocycles. The van der Waals surface area contributed by atoms with Crippen LogP contribution in [0, 0.1) is 0 Å². The van der Waals surface area contributed by atoms with Crippen molar-refractivity contribution in [3.8, 4) is 0 Å². The van der Waals surface area contributed by atoms with Crippen LogP contribution in [0.1, 0.15) is 26.2 Å². The van der Waals surface area contributed by atoms with Gasteiger partial charge >= 0.3 is 0 Å². The minimum atomic E-state index is 0.143. The molecular formula is C14H23N5OS. The fraction of sp³-hybridized carbons (Fsp3) is 0.643. The van der Waals surface area contributed by atoms with Crippen LogP contribution >= 0.6 is 11.8 Å². The number of amides is 1. The van der Waals surface area contributed by atoms with E-state index < -0.39 is 0 Å². The van der Waals surface area contributed by atoms with E-state index in [1.807, 2.05) is 24.1 Å². The number of likely N-dealkylation sites (tertiary alicyclic amines) is 1. The highest BCUT2D eigenvalue weighted by molar-refractivity contribution is 7.98. The number of anilines is 2. The maximum Gasteiger partial charge on any atom is 0.241 e. The molecule has 1 amide bonds. The Kier molecular flexibility index (Phi) is 6.10. The van der Waals surface area contributed by atoms with Gasteiger partial charge in [0.05, 0.1) is 6.54 Å². The van der Waals surface area contributed by atoms with Crippen molar-refractivity contribution in [2.24, 2.45) is 0 Å². The second kappa shape index (κ2) is 8.07. The van der Waals surface area contributed by atoms with Crippen LogP contribution in [0.25, 0.3) is 0 Å². The van der Waals surface area contributed by atoms with Crippen molar-refractivity contribution in [2.75, 3.05) is 43.1 Å². The van der Waals surface area contributed by atoms with Crippen LogP contribution in [0.2, 0.25) is 0 Å². The molecule has 21 heavy (non-hydrogen) atoms. The molecule has 6 nitrogen and oxygen atoms in total. The van der Waals surface area contributed by atoms with E-state index in [1.165, 1.54) is 18.2 Å². The lowest BCUT2D eigenvalue weighted by Crippen LogP contribution is -2.39. The number of hydrogen-bond donors (Lipinski definition) is 2. The Bertz CT molecular complexity index is 476. The number of rotatable bonds is 6. The lowest BCUT2D eigenvalue weighted by atomic mass is 10.1. The number of piperidine rings is 1. The largest absolute Gasteiger partial charge is 0.370 e. The number of carbonyl (C=O) groups is 1. The molecule has 1 aromatic rings. The van der Waals surface area contributed by atoms with Gasteiger partial charge in [0.25, 0.3) is 0 Å². The number of hydrogen-bond acceptors (Lipinski definition) is 6. The SMILES string of the molecule is CCNc1cc(NCC(=O)N2CCCCC2)nc(SC)n1. The van der Waals surface area contributed by atoms with E-state index in [0.717, 1.165) is 38.3 Å². The van der Waals surface area contributed by atoms with Gasteiger partial charge in [0, 0.05) is 25.7 Å². The van der Waals surface area contributed by atoms with Crippen LogP contribution in [0.4, 0.5) is 11.6 Å². The van der Waals surface area contributed by atoms with Gasteiger partial charge < -0.3 is 15.5 Å². The van der Waals surface area contributed by atoms with Gasteiger partial charge in [0.1, 0.15) is 11.6 Å². The van der Waals surface area contributed by atoms with Gasteiger partial charge in [-0.2, -0.15) is 0 Å². The second-order valence-electron chi connectivity index (χ2n) is 4.95. The summed E-state index contributed by atoms with van der Waals surface area (Å²) in [6.07, 6.45) is 5.39. The van der Waals surface area contributed by atoms with Gasteiger partial charge in [0.15, 0.2) is 5.16 Å². The molecule has 2 rings (SSSR count). The molecule has 2 N–H and O–H groups in total. The summed E-state index contributed by atoms with van der Waals surface area (Å²) in [5.74, 6) is 1.62. The Hall–Kier alpha value is -1.50. The van der Waals surface area contributed by atoms with Crippen molar-refractivity contribution in [3.63, 3.8) is 0 Å². The Balaban J connectivity index is 1.94. The highest BCUT2D eigenvalue weighted by atomic mass is 32.2. The zero-order valence-corrected chi connectivity index (χ0v) is 13.5. The zero-order valence-electron chi connectivity index (χ0n) is 12.7. The molecule has 1 aliphatic rings. The first-order valence-corrected chi connectivity index (χ1v) is 8.64. The molecular weight excluding hydrogens is 286 g/mol. The summed E-state index contributed by atoms with van der Waals surface area (Å²) >= 11 is 1.49. The normalized spacial score (nSPS) is 14.9. The minimum absolute atomic E-state index is 0.143. The average Bonchev–Trinajstić information content (AvgIpc) is 2.53. The van der Waals surface area contributed by atoms with Gasteiger partial charge in [-0.15, -0.1) is 0 Å². The lowest BCUT2D eigenvalue weighted by Gasteiger charge is -2.26. The molecule has 0 aliphatic carbocycles. The molecule has 7 heteroatoms. The molecule has 0 saturated carbocycles. The van der Waals surface area contributed by atoms with Crippen LogP contribution < -0.4 is 10.6 Å². The highest BCUT2D eigenvalue weighted by Gasteiger charge is 2.16. The van der Waals surface area contributed by atoms with E-state index in [0.29, 0.717) is 11.0 Å². The summed E-state index contributed by atoms with van der Waals surface area (Å²) in [6.45, 7) is 4.87. The Morgan fingerprint density at radius 3 is 2.52 bits per heavy atom. The smallest absolute Gasteiger partial charge is 0.241 e. The quantitative estimate of drug-likeness (QED) is 0.619. The Morgan fingerprint density at radius 2 is 1.90 bits per heavy atom. The minimum Gasteiger partial charge on any atom is -0.370 e. The number of aromatic nitrogens is 2. The third-order valence-corrected chi connectivity index (χ3v) is 3.92. The monoisotopic (exact) mass is 309 g/mol. The molecule has 0 radical (unpaired) electrons. The topological polar surface area (TPSA) is 70.2 Å². The summed E-state index contributed by atoms with van der Waals surface area (Å²) in [6, 6.07) is 1.84. The van der Waals surface area contributed by atoms with Gasteiger partial charge in [-0.25, -0.2) is 9.97 Å². The molecule has 1 aliphatic heterocycles. The van der Waals surface area contributed by atoms with Crippen LogP contribution in [0.15, 0.2) is 11.2 Å². The first kappa shape index (κ1) is 15.9. The van der Waals surface area contributed by atoms with Gasteiger partial charge in [0.2, 0.25) is 5.91 Å². The molecule has 0 atom stereocenters. The van der Waals surface area contributed by atoms with Crippen molar-refractivity contribution < 1.29 is 4.79 Å². The summed E-state index contributed by atoms with van der Waals surface area (Å²) in [5.41, 5.74) is 0. The lowest BCUT2D eigenvalue weighted by molar-refractivity contribution is -0.130. The average molecular weight is 309 g/mol. The molecule has 1 fully saturated rings. The molecule has 0 spiro atoms. The van der Waals surface area contributed by atoms with Crippen molar-refractivity contribution in [2.45, 2.75) is 31.3 Å². The zero-order chi connectivity index (χ0) is 15.1. The summed E-state index contributed by atoms with van der Waals surface area (Å²) in [7, 11) is 0. The first-order chi connectivity index (χ1) is 10.2. The highest BCUT2D eigenvalue weighted by Crippen LogP contribution is 2.17. The summed E-state index contributed by atoms with van der Waals surface area (Å²) < 4.78 is 0. The van der Waals surface area contributed by atoms with Crippen molar-refractivity contribution in [1.82, 2.24) is 14.9 Å². The molecule has 0 bridgehead atoms. The predicted molar refractivity (Wildman–Crippen MR) is 86.9 cm³/mol. The third kappa shape index (κ3) is 4.77. The van der Waals surface area contributed by atoms with E-state index >= 15 is 0 Å². The van der Waals surface area contributed by atoms with Gasteiger partial charge in [-0.1, -0.05) is 11.8 Å². The van der Waals surface area contributed by atoms with Crippen LogP contribution in [-0.4, -0.2) is 53.2 Å². The summed E-state index contributed by atoms with van der Waals surface area (Å²) in [5, 5.41) is 6.99. The number of nitrogens with one attached hydrogen (secondary N) is 2. The first-order valence-electron chi connectivity index (χ1n) is 7.41. The Labute approximate surface area is 130 Å². The van der Waals surface area contributed by atoms with Crippen LogP contribution in [-0.2, 0) is 4.79 Å². The third-order valence-electron chi connectivity index (χ3n) is 3.38. The maximum absolute atomic E-state index is 12.1. The van der Waals surface area contributed by atoms with Crippen molar-refractivity contribution in [3.05, 3.63) is 6.07 Å². The van der Waals surface area contributed by atoms with Crippen molar-refractivity contribution >= 4 is 29.3 Å². The van der Waals surface area contributed by atoms with Crippen LogP contribution in [0.3, 0.4) is 0 Å². The standard InChI is InChI=1S/C14H23N5OS/c1-3-15-11-9-12(18-14(17-11)21-2)16-10-13(20)19-7-5-4-6-8-19/h9H,3-8,10H2,1-2H3,(H2,15,16,17,18). The number of thioether (sulfide) groups is 1. The fourth-order valence-corrected chi connectivity index (χ4v) is 2.68. The molecule has 116 valence electrons. The summed E-state index contributed by atoms with van der Waals surface area (Å²) in [4.78, 5) is 22.8. The van der Waals surface area contributed by atoms with E-state index in [9.17, 15) is 4.79 Å². The molecule has 2 heterocycles. The maximum atomic E-state index is 12.1. The molecule has 0 aromatic carbocycles. The second-order valence-corrected chi connectivity index (χ2v) is 5.72. The molecule has 0 unspecified atom stereocenters. The van der Waals surface area contributed by atoms with E-state index in [4.69, 9.17) is 0 Å². The van der Waals surface area contributed by atoms with E-state index in [-0.39, 0.29) is 12.5 Å². The van der Waals surface area contributed by atoms with E-state index in [1.54, 1.807) is 0 Å². The predicted octanol–water partition coefficient (Wildman–Crippen LogP) is 2.05. The number of carbonyl (C=O) groups excluding carboxylic acids is 1. The Morgan fingerprint density at radius 1 is 1.24 bits per heavy atom. The molecule has 1 saturated heterocycles. The number of nitrogens with zero attached hydrogens (tertiary/aromatic N) is 3. The van der Waals surface area contributed by atoms with Gasteiger partial charge in [-0.05, 0) is 32.4 Å². The van der Waals surface area contributed by atoms with Crippen LogP contribution in [0.5, 0.6) is 0 Å². The fourth-order valence-electron chi connectivity index (χ4n) is 2.30. The van der Waals surface area contributed by atoms with E-state index in [2.05, 4.69) is 20.6 Å². The van der Waals surface area contributed by atoms with Crippen molar-refractivity contribution in [1.29, 1.82) is 0 Å². The van der Waals surface area contributed by atoms with Gasteiger partial charge in [-0.3, -0.25) is 4.79 Å².